The van der Waals surface area contributed by atoms with Gasteiger partial charge in [-0.1, -0.05) is 51.4 Å². The number of nitrogens with zero attached hydrogens (tertiary/aromatic N) is 1. The van der Waals surface area contributed by atoms with Gasteiger partial charge in [0, 0.05) is 10.0 Å². The third kappa shape index (κ3) is 3.81. The molecule has 2 aromatic rings. The van der Waals surface area contributed by atoms with Gasteiger partial charge in [0.2, 0.25) is 0 Å². The summed E-state index contributed by atoms with van der Waals surface area (Å²) in [5.74, 6) is 0.643. The maximum Gasteiger partial charge on any atom is 0.142 e. The van der Waals surface area contributed by atoms with Crippen LogP contribution in [0, 0.1) is 0 Å². The van der Waals surface area contributed by atoms with Crippen molar-refractivity contribution in [2.45, 2.75) is 6.61 Å². The predicted octanol–water partition coefficient (Wildman–Crippen LogP) is 4.60. The largest absolute Gasteiger partial charge is 0.487 e. The molecule has 0 spiro atoms. The lowest BCUT2D eigenvalue weighted by atomic mass is 10.2. The van der Waals surface area contributed by atoms with Crippen LogP contribution in [0.15, 0.2) is 56.6 Å². The minimum atomic E-state index is 0.452. The van der Waals surface area contributed by atoms with Crippen LogP contribution in [0.4, 0.5) is 0 Å². The maximum atomic E-state index is 8.69. The van der Waals surface area contributed by atoms with E-state index in [9.17, 15) is 0 Å². The van der Waals surface area contributed by atoms with Crippen LogP contribution >= 0.6 is 31.9 Å². The molecule has 2 rings (SSSR count). The summed E-state index contributed by atoms with van der Waals surface area (Å²) in [4.78, 5) is 0. The Labute approximate surface area is 128 Å². The molecule has 0 aromatic heterocycles. The molecule has 98 valence electrons. The van der Waals surface area contributed by atoms with Crippen molar-refractivity contribution in [2.24, 2.45) is 5.16 Å². The van der Waals surface area contributed by atoms with Crippen LogP contribution in [0.3, 0.4) is 0 Å². The number of oxime groups is 1. The number of benzene rings is 2. The Balaban J connectivity index is 2.24. The van der Waals surface area contributed by atoms with E-state index in [-0.39, 0.29) is 0 Å². The van der Waals surface area contributed by atoms with E-state index < -0.39 is 0 Å². The Hall–Kier alpha value is -1.33. The molecule has 19 heavy (non-hydrogen) atoms. The minimum absolute atomic E-state index is 0.452. The number of ether oxygens (including phenoxy) is 1. The molecule has 1 N–H and O–H groups in total. The molecule has 0 fully saturated rings. The third-order valence-corrected chi connectivity index (χ3v) is 3.51. The van der Waals surface area contributed by atoms with Gasteiger partial charge in [0.05, 0.1) is 10.7 Å². The average Bonchev–Trinajstić information content (AvgIpc) is 2.39. The highest BCUT2D eigenvalue weighted by molar-refractivity contribution is 9.11. The molecule has 2 aromatic carbocycles. The van der Waals surface area contributed by atoms with Gasteiger partial charge >= 0.3 is 0 Å². The molecule has 0 aliphatic heterocycles. The summed E-state index contributed by atoms with van der Waals surface area (Å²) in [6.07, 6.45) is 1.34. The summed E-state index contributed by atoms with van der Waals surface area (Å²) < 4.78 is 7.47. The van der Waals surface area contributed by atoms with E-state index in [0.29, 0.717) is 17.9 Å². The van der Waals surface area contributed by atoms with Gasteiger partial charge in [0.25, 0.3) is 0 Å². The molecule has 0 unspecified atom stereocenters. The van der Waals surface area contributed by atoms with Crippen molar-refractivity contribution in [3.8, 4) is 5.75 Å². The molecule has 3 nitrogen and oxygen atoms in total. The van der Waals surface area contributed by atoms with Crippen molar-refractivity contribution in [3.63, 3.8) is 0 Å². The van der Waals surface area contributed by atoms with Crippen molar-refractivity contribution < 1.29 is 9.94 Å². The predicted molar refractivity (Wildman–Crippen MR) is 82.0 cm³/mol. The Kier molecular flexibility index (Phi) is 4.99. The van der Waals surface area contributed by atoms with E-state index in [4.69, 9.17) is 9.94 Å². The lowest BCUT2D eigenvalue weighted by Crippen LogP contribution is -1.99. The van der Waals surface area contributed by atoms with Crippen LogP contribution in [-0.2, 0) is 6.61 Å². The van der Waals surface area contributed by atoms with Crippen molar-refractivity contribution >= 4 is 38.1 Å². The fraction of sp³-hybridized carbons (Fsp3) is 0.0714. The van der Waals surface area contributed by atoms with Crippen LogP contribution in [0.5, 0.6) is 5.75 Å². The number of halogens is 2. The second kappa shape index (κ2) is 6.73. The molecular formula is C14H11Br2NO2. The van der Waals surface area contributed by atoms with Gasteiger partial charge in [-0.2, -0.15) is 0 Å². The topological polar surface area (TPSA) is 41.8 Å². The maximum absolute atomic E-state index is 8.69. The van der Waals surface area contributed by atoms with Gasteiger partial charge in [0.15, 0.2) is 0 Å². The molecule has 0 aliphatic carbocycles. The molecule has 0 amide bonds. The first-order valence-electron chi connectivity index (χ1n) is 5.54. The first-order valence-corrected chi connectivity index (χ1v) is 7.12. The Bertz CT molecular complexity index is 585. The normalized spacial score (nSPS) is 10.8. The average molecular weight is 385 g/mol. The van der Waals surface area contributed by atoms with Gasteiger partial charge in [-0.05, 0) is 33.6 Å². The SMILES string of the molecule is O/N=C/c1cc(Br)cc(Br)c1OCc1ccccc1. The summed E-state index contributed by atoms with van der Waals surface area (Å²) in [5.41, 5.74) is 1.77. The second-order valence-corrected chi connectivity index (χ2v) is 5.59. The lowest BCUT2D eigenvalue weighted by molar-refractivity contribution is 0.302. The zero-order valence-corrected chi connectivity index (χ0v) is 13.1. The Morgan fingerprint density at radius 3 is 2.58 bits per heavy atom. The highest BCUT2D eigenvalue weighted by Crippen LogP contribution is 2.32. The highest BCUT2D eigenvalue weighted by atomic mass is 79.9. The summed E-state index contributed by atoms with van der Waals surface area (Å²) in [7, 11) is 0. The monoisotopic (exact) mass is 383 g/mol. The zero-order valence-electron chi connectivity index (χ0n) is 9.88. The van der Waals surface area contributed by atoms with Crippen molar-refractivity contribution in [2.75, 3.05) is 0 Å². The van der Waals surface area contributed by atoms with Crippen LogP contribution in [0.25, 0.3) is 0 Å². The molecule has 5 heteroatoms. The minimum Gasteiger partial charge on any atom is -0.487 e. The molecule has 0 atom stereocenters. The van der Waals surface area contributed by atoms with E-state index >= 15 is 0 Å². The van der Waals surface area contributed by atoms with Crippen molar-refractivity contribution in [1.29, 1.82) is 0 Å². The smallest absolute Gasteiger partial charge is 0.142 e. The third-order valence-electron chi connectivity index (χ3n) is 2.46. The fourth-order valence-corrected chi connectivity index (χ4v) is 2.99. The summed E-state index contributed by atoms with van der Waals surface area (Å²) in [6, 6.07) is 13.6. The molecular weight excluding hydrogens is 374 g/mol. The van der Waals surface area contributed by atoms with E-state index in [1.807, 2.05) is 42.5 Å². The fourth-order valence-electron chi connectivity index (χ4n) is 1.62. The summed E-state index contributed by atoms with van der Waals surface area (Å²) in [6.45, 7) is 0.452. The highest BCUT2D eigenvalue weighted by Gasteiger charge is 2.09. The molecule has 0 heterocycles. The quantitative estimate of drug-likeness (QED) is 0.475. The lowest BCUT2D eigenvalue weighted by Gasteiger charge is -2.11. The molecule has 0 bridgehead atoms. The molecule has 0 saturated carbocycles. The van der Waals surface area contributed by atoms with Crippen LogP contribution in [0.2, 0.25) is 0 Å². The van der Waals surface area contributed by atoms with E-state index in [1.165, 1.54) is 6.21 Å². The molecule has 0 saturated heterocycles. The number of hydrogen-bond acceptors (Lipinski definition) is 3. The van der Waals surface area contributed by atoms with Crippen molar-refractivity contribution in [3.05, 3.63) is 62.5 Å². The first-order chi connectivity index (χ1) is 9.20. The van der Waals surface area contributed by atoms with E-state index in [0.717, 1.165) is 14.5 Å². The molecule has 0 aliphatic rings. The van der Waals surface area contributed by atoms with E-state index in [2.05, 4.69) is 37.0 Å². The Morgan fingerprint density at radius 2 is 1.89 bits per heavy atom. The Morgan fingerprint density at radius 1 is 1.16 bits per heavy atom. The summed E-state index contributed by atoms with van der Waals surface area (Å²) in [5, 5.41) is 11.8. The van der Waals surface area contributed by atoms with Crippen LogP contribution in [0.1, 0.15) is 11.1 Å². The summed E-state index contributed by atoms with van der Waals surface area (Å²) >= 11 is 6.83. The standard InChI is InChI=1S/C14H11Br2NO2/c15-12-6-11(8-17-18)14(13(16)7-12)19-9-10-4-2-1-3-5-10/h1-8,18H,9H2/b17-8+. The molecule has 0 radical (unpaired) electrons. The van der Waals surface area contributed by atoms with Crippen LogP contribution in [-0.4, -0.2) is 11.4 Å². The van der Waals surface area contributed by atoms with Gasteiger partial charge in [0.1, 0.15) is 12.4 Å². The van der Waals surface area contributed by atoms with Gasteiger partial charge < -0.3 is 9.94 Å². The van der Waals surface area contributed by atoms with Gasteiger partial charge in [-0.25, -0.2) is 0 Å². The van der Waals surface area contributed by atoms with Crippen LogP contribution < -0.4 is 4.74 Å². The van der Waals surface area contributed by atoms with Gasteiger partial charge in [-0.3, -0.25) is 0 Å². The van der Waals surface area contributed by atoms with Crippen molar-refractivity contribution in [1.82, 2.24) is 0 Å². The second-order valence-electron chi connectivity index (χ2n) is 3.82. The number of hydrogen-bond donors (Lipinski definition) is 1. The number of rotatable bonds is 4. The van der Waals surface area contributed by atoms with Gasteiger partial charge in [-0.15, -0.1) is 0 Å². The zero-order chi connectivity index (χ0) is 13.7. The first kappa shape index (κ1) is 14.1. The van der Waals surface area contributed by atoms with E-state index in [1.54, 1.807) is 0 Å².